The molecule has 1 amide bonds. The Morgan fingerprint density at radius 2 is 2.31 bits per heavy atom. The summed E-state index contributed by atoms with van der Waals surface area (Å²) in [5.74, 6) is -1.36. The topological polar surface area (TPSA) is 84.9 Å². The summed E-state index contributed by atoms with van der Waals surface area (Å²) in [4.78, 5) is 21.2. The maximum absolute atomic E-state index is 11.1. The largest absolute Gasteiger partial charge is 0.480 e. The number of hydrogen-bond donors (Lipinski definition) is 2. The molecule has 0 spiro atoms. The molecular weight excluding hydrogens is 214 g/mol. The van der Waals surface area contributed by atoms with E-state index in [0.717, 1.165) is 19.4 Å². The highest BCUT2D eigenvalue weighted by molar-refractivity contribution is 5.81. The molecule has 0 aromatic heterocycles. The summed E-state index contributed by atoms with van der Waals surface area (Å²) in [7, 11) is 0. The third kappa shape index (κ3) is 5.67. The molecule has 6 heteroatoms. The predicted molar refractivity (Wildman–Crippen MR) is 55.1 cm³/mol. The molecule has 0 radical (unpaired) electrons. The number of carbonyl (C=O) groups is 2. The molecule has 0 aliphatic carbocycles. The number of carbonyl (C=O) groups excluding carboxylic acids is 1. The highest BCUT2D eigenvalue weighted by atomic mass is 16.5. The van der Waals surface area contributed by atoms with Crippen LogP contribution in [0.3, 0.4) is 0 Å². The molecule has 0 aromatic rings. The van der Waals surface area contributed by atoms with Crippen LogP contribution in [0.15, 0.2) is 0 Å². The van der Waals surface area contributed by atoms with Crippen LogP contribution in [0.1, 0.15) is 19.3 Å². The summed E-state index contributed by atoms with van der Waals surface area (Å²) >= 11 is 0. The first-order chi connectivity index (χ1) is 7.68. The Hall–Kier alpha value is -1.14. The van der Waals surface area contributed by atoms with Gasteiger partial charge in [-0.05, 0) is 12.8 Å². The Kier molecular flexibility index (Phi) is 5.81. The van der Waals surface area contributed by atoms with E-state index in [2.05, 4.69) is 5.32 Å². The third-order valence-electron chi connectivity index (χ3n) is 2.24. The van der Waals surface area contributed by atoms with Crippen molar-refractivity contribution in [1.82, 2.24) is 5.32 Å². The van der Waals surface area contributed by atoms with Crippen LogP contribution in [0.25, 0.3) is 0 Å². The Balaban J connectivity index is 1.93. The molecule has 0 aromatic carbocycles. The number of carboxylic acid groups (broad SMARTS) is 1. The van der Waals surface area contributed by atoms with Crippen LogP contribution in [0.4, 0.5) is 0 Å². The first kappa shape index (κ1) is 12.9. The zero-order chi connectivity index (χ0) is 11.8. The lowest BCUT2D eigenvalue weighted by Crippen LogP contribution is -2.30. The second-order valence-corrected chi connectivity index (χ2v) is 3.63. The molecule has 1 rings (SSSR count). The second kappa shape index (κ2) is 7.19. The van der Waals surface area contributed by atoms with Gasteiger partial charge in [-0.25, -0.2) is 0 Å². The van der Waals surface area contributed by atoms with Gasteiger partial charge >= 0.3 is 5.97 Å². The van der Waals surface area contributed by atoms with Crippen LogP contribution in [0, 0.1) is 0 Å². The molecule has 1 aliphatic heterocycles. The van der Waals surface area contributed by atoms with E-state index in [9.17, 15) is 9.59 Å². The van der Waals surface area contributed by atoms with Gasteiger partial charge in [0, 0.05) is 13.0 Å². The molecule has 1 saturated heterocycles. The van der Waals surface area contributed by atoms with E-state index in [1.54, 1.807) is 0 Å². The molecule has 6 nitrogen and oxygen atoms in total. The van der Waals surface area contributed by atoms with Crippen LogP contribution >= 0.6 is 0 Å². The summed E-state index contributed by atoms with van der Waals surface area (Å²) in [6.07, 6.45) is 2.40. The molecule has 1 unspecified atom stereocenters. The van der Waals surface area contributed by atoms with E-state index in [0.29, 0.717) is 13.2 Å². The molecule has 1 aliphatic rings. The lowest BCUT2D eigenvalue weighted by atomic mass is 10.2. The van der Waals surface area contributed by atoms with Crippen LogP contribution in [-0.4, -0.2) is 49.5 Å². The lowest BCUT2D eigenvalue weighted by molar-refractivity contribution is -0.138. The van der Waals surface area contributed by atoms with Gasteiger partial charge in [0.05, 0.1) is 19.3 Å². The fraction of sp³-hybridized carbons (Fsp3) is 0.800. The van der Waals surface area contributed by atoms with E-state index >= 15 is 0 Å². The van der Waals surface area contributed by atoms with E-state index in [4.69, 9.17) is 14.6 Å². The average molecular weight is 231 g/mol. The molecule has 2 N–H and O–H groups in total. The van der Waals surface area contributed by atoms with Gasteiger partial charge in [0.2, 0.25) is 5.91 Å². The van der Waals surface area contributed by atoms with Crippen molar-refractivity contribution < 1.29 is 24.2 Å². The first-order valence-electron chi connectivity index (χ1n) is 5.36. The fourth-order valence-electron chi connectivity index (χ4n) is 1.42. The zero-order valence-corrected chi connectivity index (χ0v) is 9.11. The standard InChI is InChI=1S/C10H17NO5/c12-9(11-6-10(13)14)3-5-15-7-8-2-1-4-16-8/h8H,1-7H2,(H,11,12)(H,13,14). The van der Waals surface area contributed by atoms with E-state index in [1.165, 1.54) is 0 Å². The first-order valence-corrected chi connectivity index (χ1v) is 5.36. The second-order valence-electron chi connectivity index (χ2n) is 3.63. The summed E-state index contributed by atoms with van der Waals surface area (Å²) in [6, 6.07) is 0. The smallest absolute Gasteiger partial charge is 0.322 e. The van der Waals surface area contributed by atoms with Gasteiger partial charge in [-0.15, -0.1) is 0 Å². The number of aliphatic carboxylic acids is 1. The van der Waals surface area contributed by atoms with Crippen molar-refractivity contribution in [3.05, 3.63) is 0 Å². The molecule has 0 bridgehead atoms. The maximum Gasteiger partial charge on any atom is 0.322 e. The van der Waals surface area contributed by atoms with Crippen molar-refractivity contribution in [2.45, 2.75) is 25.4 Å². The van der Waals surface area contributed by atoms with E-state index in [1.807, 2.05) is 0 Å². The van der Waals surface area contributed by atoms with Crippen LogP contribution in [-0.2, 0) is 19.1 Å². The highest BCUT2D eigenvalue weighted by Gasteiger charge is 2.15. The van der Waals surface area contributed by atoms with E-state index < -0.39 is 5.97 Å². The monoisotopic (exact) mass is 231 g/mol. The number of ether oxygens (including phenoxy) is 2. The SMILES string of the molecule is O=C(O)CNC(=O)CCOCC1CCCO1. The minimum atomic E-state index is -1.05. The molecular formula is C10H17NO5. The minimum Gasteiger partial charge on any atom is -0.480 e. The average Bonchev–Trinajstić information content (AvgIpc) is 2.74. The van der Waals surface area contributed by atoms with Crippen molar-refractivity contribution in [2.24, 2.45) is 0 Å². The summed E-state index contributed by atoms with van der Waals surface area (Å²) in [5.41, 5.74) is 0. The molecule has 1 atom stereocenters. The summed E-state index contributed by atoms with van der Waals surface area (Å²) in [5, 5.41) is 10.6. The molecule has 0 saturated carbocycles. The van der Waals surface area contributed by atoms with Crippen molar-refractivity contribution >= 4 is 11.9 Å². The van der Waals surface area contributed by atoms with Gasteiger partial charge in [-0.1, -0.05) is 0 Å². The number of hydrogen-bond acceptors (Lipinski definition) is 4. The van der Waals surface area contributed by atoms with Crippen molar-refractivity contribution in [3.63, 3.8) is 0 Å². The number of nitrogens with one attached hydrogen (secondary N) is 1. The Morgan fingerprint density at radius 3 is 2.94 bits per heavy atom. The van der Waals surface area contributed by atoms with Crippen molar-refractivity contribution in [3.8, 4) is 0 Å². The van der Waals surface area contributed by atoms with Gasteiger partial charge in [0.25, 0.3) is 0 Å². The van der Waals surface area contributed by atoms with Crippen LogP contribution < -0.4 is 5.32 Å². The van der Waals surface area contributed by atoms with Gasteiger partial charge in [0.15, 0.2) is 0 Å². The fourth-order valence-corrected chi connectivity index (χ4v) is 1.42. The minimum absolute atomic E-state index is 0.155. The maximum atomic E-state index is 11.1. The van der Waals surface area contributed by atoms with Gasteiger partial charge in [-0.2, -0.15) is 0 Å². The summed E-state index contributed by atoms with van der Waals surface area (Å²) in [6.45, 7) is 1.25. The Morgan fingerprint density at radius 1 is 1.50 bits per heavy atom. The molecule has 16 heavy (non-hydrogen) atoms. The van der Waals surface area contributed by atoms with Crippen molar-refractivity contribution in [1.29, 1.82) is 0 Å². The van der Waals surface area contributed by atoms with Gasteiger partial charge in [-0.3, -0.25) is 9.59 Å². The van der Waals surface area contributed by atoms with Gasteiger partial charge in [0.1, 0.15) is 6.54 Å². The van der Waals surface area contributed by atoms with Crippen LogP contribution in [0.2, 0.25) is 0 Å². The highest BCUT2D eigenvalue weighted by Crippen LogP contribution is 2.11. The number of amides is 1. The number of carboxylic acids is 1. The quantitative estimate of drug-likeness (QED) is 0.591. The molecule has 1 fully saturated rings. The molecule has 1 heterocycles. The zero-order valence-electron chi connectivity index (χ0n) is 9.11. The number of rotatable bonds is 7. The summed E-state index contributed by atoms with van der Waals surface area (Å²) < 4.78 is 10.6. The van der Waals surface area contributed by atoms with Gasteiger partial charge < -0.3 is 19.9 Å². The normalized spacial score (nSPS) is 19.6. The Bertz CT molecular complexity index is 237. The molecule has 92 valence electrons. The third-order valence-corrected chi connectivity index (χ3v) is 2.24. The Labute approximate surface area is 93.9 Å². The van der Waals surface area contributed by atoms with Crippen LogP contribution in [0.5, 0.6) is 0 Å². The van der Waals surface area contributed by atoms with E-state index in [-0.39, 0.29) is 25.0 Å². The predicted octanol–water partition coefficient (Wildman–Crippen LogP) is -0.227. The lowest BCUT2D eigenvalue weighted by Gasteiger charge is -2.09. The van der Waals surface area contributed by atoms with Crippen molar-refractivity contribution in [2.75, 3.05) is 26.4 Å².